The molecule has 0 saturated heterocycles. The Bertz CT molecular complexity index is 529. The van der Waals surface area contributed by atoms with Crippen molar-refractivity contribution in [3.8, 4) is 0 Å². The first-order valence-corrected chi connectivity index (χ1v) is 6.10. The summed E-state index contributed by atoms with van der Waals surface area (Å²) in [6.45, 7) is 5.59. The molecule has 0 bridgehead atoms. The van der Waals surface area contributed by atoms with E-state index in [1.165, 1.54) is 17.0 Å². The van der Waals surface area contributed by atoms with Gasteiger partial charge in [0, 0.05) is 29.5 Å². The fourth-order valence-electron chi connectivity index (χ4n) is 2.12. The zero-order valence-corrected chi connectivity index (χ0v) is 11.0. The smallest absolute Gasteiger partial charge is 0.0490 e. The third-order valence-electron chi connectivity index (χ3n) is 3.18. The Balaban J connectivity index is 2.37. The largest absolute Gasteiger partial charge is 0.344 e. The number of hydrogen-bond acceptors (Lipinski definition) is 1. The molecule has 2 nitrogen and oxygen atoms in total. The van der Waals surface area contributed by atoms with Gasteiger partial charge in [0.1, 0.15) is 0 Å². The van der Waals surface area contributed by atoms with Crippen LogP contribution in [-0.4, -0.2) is 4.57 Å². The molecular weight excluding hydrogens is 232 g/mol. The lowest BCUT2D eigenvalue weighted by Gasteiger charge is -2.11. The number of hydrogen-bond donors (Lipinski definition) is 1. The van der Waals surface area contributed by atoms with Crippen molar-refractivity contribution < 1.29 is 0 Å². The van der Waals surface area contributed by atoms with E-state index < -0.39 is 0 Å². The standard InChI is InChI=1S/C14H17ClN2/c1-10-7-13(8-16)11(2)17(10)9-12-5-3-4-6-14(12)15/h3-7H,8-9,16H2,1-2H3. The Kier molecular flexibility index (Phi) is 3.55. The molecule has 0 atom stereocenters. The topological polar surface area (TPSA) is 30.9 Å². The number of benzene rings is 1. The number of nitrogens with two attached hydrogens (primary N) is 1. The van der Waals surface area contributed by atoms with Crippen LogP contribution < -0.4 is 5.73 Å². The molecule has 0 radical (unpaired) electrons. The predicted molar refractivity (Wildman–Crippen MR) is 72.4 cm³/mol. The van der Waals surface area contributed by atoms with Gasteiger partial charge < -0.3 is 10.3 Å². The Labute approximate surface area is 107 Å². The van der Waals surface area contributed by atoms with Crippen LogP contribution in [0.25, 0.3) is 0 Å². The van der Waals surface area contributed by atoms with Crippen LogP contribution in [0.2, 0.25) is 5.02 Å². The number of aromatic nitrogens is 1. The molecule has 0 fully saturated rings. The molecule has 0 amide bonds. The molecule has 1 aromatic carbocycles. The highest BCUT2D eigenvalue weighted by atomic mass is 35.5. The fraction of sp³-hybridized carbons (Fsp3) is 0.286. The van der Waals surface area contributed by atoms with E-state index in [9.17, 15) is 0 Å². The van der Waals surface area contributed by atoms with Crippen LogP contribution in [-0.2, 0) is 13.1 Å². The summed E-state index contributed by atoms with van der Waals surface area (Å²) in [5.41, 5.74) is 10.5. The molecule has 2 aromatic rings. The van der Waals surface area contributed by atoms with Gasteiger partial charge in [0.15, 0.2) is 0 Å². The normalized spacial score (nSPS) is 10.8. The van der Waals surface area contributed by atoms with Gasteiger partial charge in [-0.15, -0.1) is 0 Å². The lowest BCUT2D eigenvalue weighted by atomic mass is 10.2. The van der Waals surface area contributed by atoms with Gasteiger partial charge in [-0.1, -0.05) is 29.8 Å². The average molecular weight is 249 g/mol. The predicted octanol–water partition coefficient (Wildman–Crippen LogP) is 3.27. The molecule has 0 saturated carbocycles. The van der Waals surface area contributed by atoms with E-state index in [1.807, 2.05) is 18.2 Å². The molecule has 1 aromatic heterocycles. The maximum Gasteiger partial charge on any atom is 0.0490 e. The molecule has 0 aliphatic heterocycles. The highest BCUT2D eigenvalue weighted by Gasteiger charge is 2.09. The van der Waals surface area contributed by atoms with Crippen LogP contribution in [0.1, 0.15) is 22.5 Å². The summed E-state index contributed by atoms with van der Waals surface area (Å²) < 4.78 is 2.25. The van der Waals surface area contributed by atoms with Gasteiger partial charge in [0.05, 0.1) is 0 Å². The van der Waals surface area contributed by atoms with Crippen LogP contribution in [0.15, 0.2) is 30.3 Å². The van der Waals surface area contributed by atoms with Crippen LogP contribution >= 0.6 is 11.6 Å². The summed E-state index contributed by atoms with van der Waals surface area (Å²) in [5.74, 6) is 0. The monoisotopic (exact) mass is 248 g/mol. The Morgan fingerprint density at radius 3 is 2.47 bits per heavy atom. The lowest BCUT2D eigenvalue weighted by molar-refractivity contribution is 0.744. The van der Waals surface area contributed by atoms with E-state index in [2.05, 4.69) is 30.5 Å². The van der Waals surface area contributed by atoms with Crippen molar-refractivity contribution in [3.63, 3.8) is 0 Å². The summed E-state index contributed by atoms with van der Waals surface area (Å²) in [7, 11) is 0. The molecule has 0 unspecified atom stereocenters. The highest BCUT2D eigenvalue weighted by Crippen LogP contribution is 2.20. The molecule has 17 heavy (non-hydrogen) atoms. The minimum Gasteiger partial charge on any atom is -0.344 e. The van der Waals surface area contributed by atoms with Gasteiger partial charge in [-0.05, 0) is 37.1 Å². The summed E-state index contributed by atoms with van der Waals surface area (Å²) in [4.78, 5) is 0. The van der Waals surface area contributed by atoms with Gasteiger partial charge in [0.2, 0.25) is 0 Å². The van der Waals surface area contributed by atoms with E-state index in [0.29, 0.717) is 6.54 Å². The average Bonchev–Trinajstić information content (AvgIpc) is 2.59. The maximum absolute atomic E-state index is 6.18. The van der Waals surface area contributed by atoms with Crippen molar-refractivity contribution in [2.75, 3.05) is 0 Å². The van der Waals surface area contributed by atoms with Crippen LogP contribution in [0.5, 0.6) is 0 Å². The summed E-state index contributed by atoms with van der Waals surface area (Å²) in [6.07, 6.45) is 0. The van der Waals surface area contributed by atoms with Gasteiger partial charge >= 0.3 is 0 Å². The molecule has 90 valence electrons. The van der Waals surface area contributed by atoms with Crippen LogP contribution in [0.3, 0.4) is 0 Å². The SMILES string of the molecule is Cc1cc(CN)c(C)n1Cc1ccccc1Cl. The van der Waals surface area contributed by atoms with E-state index in [-0.39, 0.29) is 0 Å². The van der Waals surface area contributed by atoms with Crippen molar-refractivity contribution in [2.24, 2.45) is 5.73 Å². The summed E-state index contributed by atoms with van der Waals surface area (Å²) in [6, 6.07) is 10.1. The third kappa shape index (κ3) is 2.38. The van der Waals surface area contributed by atoms with Gasteiger partial charge in [-0.25, -0.2) is 0 Å². The molecule has 2 N–H and O–H groups in total. The lowest BCUT2D eigenvalue weighted by Crippen LogP contribution is -2.05. The second-order valence-electron chi connectivity index (χ2n) is 4.28. The molecule has 0 aliphatic carbocycles. The summed E-state index contributed by atoms with van der Waals surface area (Å²) >= 11 is 6.18. The molecule has 0 spiro atoms. The van der Waals surface area contributed by atoms with Crippen LogP contribution in [0, 0.1) is 13.8 Å². The minimum atomic E-state index is 0.586. The van der Waals surface area contributed by atoms with E-state index in [0.717, 1.165) is 17.1 Å². The van der Waals surface area contributed by atoms with E-state index in [4.69, 9.17) is 17.3 Å². The van der Waals surface area contributed by atoms with Crippen molar-refractivity contribution >= 4 is 11.6 Å². The van der Waals surface area contributed by atoms with Crippen LogP contribution in [0.4, 0.5) is 0 Å². The highest BCUT2D eigenvalue weighted by molar-refractivity contribution is 6.31. The first-order chi connectivity index (χ1) is 8.13. The first kappa shape index (κ1) is 12.2. The zero-order chi connectivity index (χ0) is 12.4. The number of rotatable bonds is 3. The van der Waals surface area contributed by atoms with E-state index in [1.54, 1.807) is 0 Å². The second kappa shape index (κ2) is 4.94. The molecule has 0 aliphatic rings. The van der Waals surface area contributed by atoms with Crippen molar-refractivity contribution in [1.29, 1.82) is 0 Å². The summed E-state index contributed by atoms with van der Waals surface area (Å²) in [5, 5.41) is 0.814. The Morgan fingerprint density at radius 1 is 1.18 bits per heavy atom. The quantitative estimate of drug-likeness (QED) is 0.888. The van der Waals surface area contributed by atoms with Gasteiger partial charge in [-0.3, -0.25) is 0 Å². The Morgan fingerprint density at radius 2 is 1.88 bits per heavy atom. The Hall–Kier alpha value is -1.25. The number of nitrogens with zero attached hydrogens (tertiary/aromatic N) is 1. The van der Waals surface area contributed by atoms with Crippen molar-refractivity contribution in [3.05, 3.63) is 57.9 Å². The second-order valence-corrected chi connectivity index (χ2v) is 4.69. The molecular formula is C14H17ClN2. The molecule has 2 rings (SSSR count). The molecule has 3 heteroatoms. The number of halogens is 1. The van der Waals surface area contributed by atoms with Crippen molar-refractivity contribution in [2.45, 2.75) is 26.9 Å². The third-order valence-corrected chi connectivity index (χ3v) is 3.55. The maximum atomic E-state index is 6.18. The fourth-order valence-corrected chi connectivity index (χ4v) is 2.31. The minimum absolute atomic E-state index is 0.586. The van der Waals surface area contributed by atoms with Crippen molar-refractivity contribution in [1.82, 2.24) is 4.57 Å². The van der Waals surface area contributed by atoms with Gasteiger partial charge in [-0.2, -0.15) is 0 Å². The first-order valence-electron chi connectivity index (χ1n) is 5.72. The number of aryl methyl sites for hydroxylation is 1. The van der Waals surface area contributed by atoms with E-state index >= 15 is 0 Å². The zero-order valence-electron chi connectivity index (χ0n) is 10.2. The molecule has 1 heterocycles. The van der Waals surface area contributed by atoms with Gasteiger partial charge in [0.25, 0.3) is 0 Å².